The molecule has 0 aromatic heterocycles. The fraction of sp³-hybridized carbons (Fsp3) is 0.316. The van der Waals surface area contributed by atoms with Gasteiger partial charge in [-0.15, -0.1) is 0 Å². The van der Waals surface area contributed by atoms with Crippen molar-refractivity contribution in [3.63, 3.8) is 0 Å². The molecule has 1 saturated heterocycles. The fourth-order valence-electron chi connectivity index (χ4n) is 3.04. The molecule has 1 amide bonds. The van der Waals surface area contributed by atoms with Crippen molar-refractivity contribution in [2.45, 2.75) is 19.4 Å². The summed E-state index contributed by atoms with van der Waals surface area (Å²) >= 11 is 5.73. The molecule has 1 atom stereocenters. The first-order valence-electron chi connectivity index (χ1n) is 8.13. The van der Waals surface area contributed by atoms with Crippen LogP contribution in [0.4, 0.5) is 5.69 Å². The van der Waals surface area contributed by atoms with Gasteiger partial charge in [0, 0.05) is 26.8 Å². The van der Waals surface area contributed by atoms with E-state index < -0.39 is 0 Å². The molecule has 2 aromatic carbocycles. The maximum atomic E-state index is 12.5. The Bertz CT molecular complexity index is 688. The molecular formula is C19H20BrIN2O. The molecule has 3 nitrogen and oxygen atoms in total. The predicted octanol–water partition coefficient (Wildman–Crippen LogP) is 4.90. The van der Waals surface area contributed by atoms with Crippen LogP contribution < -0.4 is 5.32 Å². The minimum Gasteiger partial charge on any atom is -0.326 e. The van der Waals surface area contributed by atoms with Gasteiger partial charge in [0.1, 0.15) is 0 Å². The van der Waals surface area contributed by atoms with Crippen LogP contribution in [-0.2, 0) is 11.3 Å². The van der Waals surface area contributed by atoms with E-state index in [2.05, 4.69) is 73.0 Å². The lowest BCUT2D eigenvalue weighted by atomic mass is 9.96. The fourth-order valence-corrected chi connectivity index (χ4v) is 3.66. The molecule has 1 aliphatic heterocycles. The van der Waals surface area contributed by atoms with Crippen LogP contribution in [0, 0.1) is 9.49 Å². The van der Waals surface area contributed by atoms with Crippen LogP contribution >= 0.6 is 38.5 Å². The third kappa shape index (κ3) is 5.04. The zero-order valence-electron chi connectivity index (χ0n) is 13.3. The molecule has 1 unspecified atom stereocenters. The first-order chi connectivity index (χ1) is 11.6. The number of rotatable bonds is 4. The molecule has 1 N–H and O–H groups in total. The molecule has 1 fully saturated rings. The molecular weight excluding hydrogens is 479 g/mol. The van der Waals surface area contributed by atoms with Gasteiger partial charge in [-0.3, -0.25) is 9.69 Å². The molecule has 2 aromatic rings. The highest BCUT2D eigenvalue weighted by Crippen LogP contribution is 2.21. The second-order valence-corrected chi connectivity index (χ2v) is 8.36. The number of amides is 1. The highest BCUT2D eigenvalue weighted by Gasteiger charge is 2.25. The highest BCUT2D eigenvalue weighted by atomic mass is 127. The lowest BCUT2D eigenvalue weighted by Gasteiger charge is -2.32. The van der Waals surface area contributed by atoms with E-state index >= 15 is 0 Å². The van der Waals surface area contributed by atoms with Crippen molar-refractivity contribution in [3.8, 4) is 0 Å². The second-order valence-electron chi connectivity index (χ2n) is 6.20. The van der Waals surface area contributed by atoms with Crippen molar-refractivity contribution < 1.29 is 4.79 Å². The largest absolute Gasteiger partial charge is 0.326 e. The van der Waals surface area contributed by atoms with Crippen LogP contribution in [0.2, 0.25) is 0 Å². The number of carbonyl (C=O) groups is 1. The second kappa shape index (κ2) is 8.45. The summed E-state index contributed by atoms with van der Waals surface area (Å²) in [6.07, 6.45) is 2.04. The Morgan fingerprint density at radius 1 is 1.17 bits per heavy atom. The van der Waals surface area contributed by atoms with Crippen LogP contribution in [0.3, 0.4) is 0 Å². The maximum Gasteiger partial charge on any atom is 0.228 e. The van der Waals surface area contributed by atoms with Crippen molar-refractivity contribution in [1.29, 1.82) is 0 Å². The lowest BCUT2D eigenvalue weighted by Crippen LogP contribution is -2.40. The van der Waals surface area contributed by atoms with E-state index in [4.69, 9.17) is 0 Å². The van der Waals surface area contributed by atoms with E-state index in [1.54, 1.807) is 0 Å². The summed E-state index contributed by atoms with van der Waals surface area (Å²) in [6.45, 7) is 2.79. The zero-order valence-corrected chi connectivity index (χ0v) is 17.1. The van der Waals surface area contributed by atoms with Crippen molar-refractivity contribution >= 4 is 50.1 Å². The highest BCUT2D eigenvalue weighted by molar-refractivity contribution is 14.1. The first kappa shape index (κ1) is 17.9. The van der Waals surface area contributed by atoms with E-state index in [0.717, 1.165) is 42.6 Å². The van der Waals surface area contributed by atoms with Crippen LogP contribution in [0.25, 0.3) is 0 Å². The number of likely N-dealkylation sites (tertiary alicyclic amines) is 1. The topological polar surface area (TPSA) is 32.3 Å². The van der Waals surface area contributed by atoms with E-state index in [9.17, 15) is 4.79 Å². The quantitative estimate of drug-likeness (QED) is 0.608. The average molecular weight is 499 g/mol. The van der Waals surface area contributed by atoms with Crippen molar-refractivity contribution in [2.75, 3.05) is 18.4 Å². The molecule has 24 heavy (non-hydrogen) atoms. The monoisotopic (exact) mass is 498 g/mol. The van der Waals surface area contributed by atoms with Crippen LogP contribution in [0.15, 0.2) is 53.0 Å². The Morgan fingerprint density at radius 3 is 2.58 bits per heavy atom. The van der Waals surface area contributed by atoms with Gasteiger partial charge in [0.2, 0.25) is 5.91 Å². The Morgan fingerprint density at radius 2 is 1.88 bits per heavy atom. The summed E-state index contributed by atoms with van der Waals surface area (Å²) in [5.74, 6) is 0.199. The van der Waals surface area contributed by atoms with Gasteiger partial charge in [0.15, 0.2) is 0 Å². The summed E-state index contributed by atoms with van der Waals surface area (Å²) in [6, 6.07) is 16.4. The minimum atomic E-state index is 0.0634. The minimum absolute atomic E-state index is 0.0634. The molecule has 0 saturated carbocycles. The van der Waals surface area contributed by atoms with Crippen LogP contribution in [0.1, 0.15) is 18.4 Å². The predicted molar refractivity (Wildman–Crippen MR) is 110 cm³/mol. The van der Waals surface area contributed by atoms with Gasteiger partial charge in [-0.1, -0.05) is 28.1 Å². The molecule has 0 bridgehead atoms. The average Bonchev–Trinajstić information content (AvgIpc) is 2.59. The van der Waals surface area contributed by atoms with E-state index in [0.29, 0.717) is 0 Å². The number of piperidine rings is 1. The third-order valence-electron chi connectivity index (χ3n) is 4.31. The number of hydrogen-bond donors (Lipinski definition) is 1. The zero-order chi connectivity index (χ0) is 16.9. The van der Waals surface area contributed by atoms with Gasteiger partial charge in [-0.05, 0) is 83.9 Å². The summed E-state index contributed by atoms with van der Waals surface area (Å²) in [7, 11) is 0. The van der Waals surface area contributed by atoms with Gasteiger partial charge in [0.05, 0.1) is 5.92 Å². The molecule has 126 valence electrons. The summed E-state index contributed by atoms with van der Waals surface area (Å²) in [5, 5.41) is 3.06. The summed E-state index contributed by atoms with van der Waals surface area (Å²) < 4.78 is 2.27. The smallest absolute Gasteiger partial charge is 0.228 e. The number of benzene rings is 2. The van der Waals surface area contributed by atoms with Gasteiger partial charge in [-0.2, -0.15) is 0 Å². The van der Waals surface area contributed by atoms with Crippen LogP contribution in [-0.4, -0.2) is 23.9 Å². The molecule has 1 heterocycles. The SMILES string of the molecule is O=C(Nc1ccc(I)cc1)C1CCCN(Cc2ccc(Br)cc2)C1. The van der Waals surface area contributed by atoms with Gasteiger partial charge < -0.3 is 5.32 Å². The number of anilines is 1. The number of halogens is 2. The molecule has 0 aliphatic carbocycles. The molecule has 5 heteroatoms. The Hall–Kier alpha value is -0.920. The first-order valence-corrected chi connectivity index (χ1v) is 10.0. The van der Waals surface area contributed by atoms with E-state index in [1.165, 1.54) is 9.13 Å². The molecule has 1 aliphatic rings. The Kier molecular flexibility index (Phi) is 6.30. The van der Waals surface area contributed by atoms with Crippen molar-refractivity contribution in [2.24, 2.45) is 5.92 Å². The van der Waals surface area contributed by atoms with Gasteiger partial charge >= 0.3 is 0 Å². The number of hydrogen-bond acceptors (Lipinski definition) is 2. The lowest BCUT2D eigenvalue weighted by molar-refractivity contribution is -0.121. The van der Waals surface area contributed by atoms with Crippen LogP contribution in [0.5, 0.6) is 0 Å². The standard InChI is InChI=1S/C19H20BrIN2O/c20-16-5-3-14(4-6-16)12-23-11-1-2-15(13-23)19(24)22-18-9-7-17(21)8-10-18/h3-10,15H,1-2,11-13H2,(H,22,24). The Balaban J connectivity index is 1.57. The number of nitrogens with zero attached hydrogens (tertiary/aromatic N) is 1. The maximum absolute atomic E-state index is 12.5. The van der Waals surface area contributed by atoms with E-state index in [1.807, 2.05) is 24.3 Å². The van der Waals surface area contributed by atoms with Crippen molar-refractivity contribution in [1.82, 2.24) is 4.90 Å². The van der Waals surface area contributed by atoms with Gasteiger partial charge in [0.25, 0.3) is 0 Å². The van der Waals surface area contributed by atoms with Gasteiger partial charge in [-0.25, -0.2) is 0 Å². The molecule has 3 rings (SSSR count). The normalized spacial score (nSPS) is 18.3. The van der Waals surface area contributed by atoms with E-state index in [-0.39, 0.29) is 11.8 Å². The Labute approximate surface area is 165 Å². The number of carbonyl (C=O) groups excluding carboxylic acids is 1. The van der Waals surface area contributed by atoms with Crippen molar-refractivity contribution in [3.05, 3.63) is 62.1 Å². The molecule has 0 radical (unpaired) electrons. The molecule has 0 spiro atoms. The number of nitrogens with one attached hydrogen (secondary N) is 1. The third-order valence-corrected chi connectivity index (χ3v) is 5.56. The summed E-state index contributed by atoms with van der Waals surface area (Å²) in [5.41, 5.74) is 2.17. The summed E-state index contributed by atoms with van der Waals surface area (Å²) in [4.78, 5) is 14.9.